The van der Waals surface area contributed by atoms with Gasteiger partial charge in [0.15, 0.2) is 0 Å². The van der Waals surface area contributed by atoms with Gasteiger partial charge in [0.25, 0.3) is 0 Å². The molecule has 0 spiro atoms. The van der Waals surface area contributed by atoms with Gasteiger partial charge in [-0.25, -0.2) is 9.78 Å². The molecule has 0 saturated carbocycles. The van der Waals surface area contributed by atoms with E-state index in [1.807, 2.05) is 13.0 Å². The minimum Gasteiger partial charge on any atom is -0.465 e. The van der Waals surface area contributed by atoms with Crippen LogP contribution >= 0.6 is 0 Å². The molecule has 118 valence electrons. The number of nitrogens with one attached hydrogen (secondary N) is 1. The van der Waals surface area contributed by atoms with Gasteiger partial charge in [-0.2, -0.15) is 0 Å². The van der Waals surface area contributed by atoms with E-state index in [-0.39, 0.29) is 5.97 Å². The number of hydrogen-bond acceptors (Lipinski definition) is 5. The quantitative estimate of drug-likeness (QED) is 0.590. The Bertz CT molecular complexity index is 461. The molecule has 1 aromatic heterocycles. The molecule has 0 aliphatic heterocycles. The Morgan fingerprint density at radius 3 is 2.67 bits per heavy atom. The van der Waals surface area contributed by atoms with Crippen LogP contribution < -0.4 is 5.32 Å². The van der Waals surface area contributed by atoms with E-state index in [0.717, 1.165) is 31.7 Å². The summed E-state index contributed by atoms with van der Waals surface area (Å²) in [6.45, 7) is 8.21. The van der Waals surface area contributed by atoms with E-state index in [0.29, 0.717) is 17.3 Å². The van der Waals surface area contributed by atoms with Gasteiger partial charge in [0.1, 0.15) is 5.82 Å². The number of nitrogens with zero attached hydrogens (tertiary/aromatic N) is 2. The second-order valence-electron chi connectivity index (χ2n) is 5.53. The zero-order chi connectivity index (χ0) is 15.8. The third-order valence-corrected chi connectivity index (χ3v) is 3.62. The number of methoxy groups -OCH3 is 1. The van der Waals surface area contributed by atoms with Crippen LogP contribution in [0.5, 0.6) is 0 Å². The number of pyridine rings is 1. The molecule has 0 radical (unpaired) electrons. The number of rotatable bonds is 8. The fraction of sp³-hybridized carbons (Fsp3) is 0.625. The number of esters is 1. The third kappa shape index (κ3) is 5.71. The van der Waals surface area contributed by atoms with Gasteiger partial charge in [-0.1, -0.05) is 0 Å². The predicted molar refractivity (Wildman–Crippen MR) is 85.8 cm³/mol. The number of aryl methyl sites for hydroxylation is 1. The van der Waals surface area contributed by atoms with Gasteiger partial charge < -0.3 is 15.0 Å². The van der Waals surface area contributed by atoms with Gasteiger partial charge in [-0.15, -0.1) is 0 Å². The minimum absolute atomic E-state index is 0.344. The van der Waals surface area contributed by atoms with Gasteiger partial charge in [0.05, 0.1) is 18.4 Å². The Labute approximate surface area is 127 Å². The molecule has 0 amide bonds. The molecule has 5 heteroatoms. The molecule has 0 aromatic carbocycles. The van der Waals surface area contributed by atoms with E-state index in [2.05, 4.69) is 36.1 Å². The monoisotopic (exact) mass is 293 g/mol. The summed E-state index contributed by atoms with van der Waals surface area (Å²) in [4.78, 5) is 18.2. The summed E-state index contributed by atoms with van der Waals surface area (Å²) in [5, 5.41) is 3.29. The van der Waals surface area contributed by atoms with E-state index in [9.17, 15) is 4.79 Å². The normalized spacial score (nSPS) is 11.0. The first kappa shape index (κ1) is 17.4. The summed E-state index contributed by atoms with van der Waals surface area (Å²) >= 11 is 0. The van der Waals surface area contributed by atoms with E-state index in [4.69, 9.17) is 4.74 Å². The number of ether oxygens (including phenoxy) is 1. The van der Waals surface area contributed by atoms with E-state index in [1.54, 1.807) is 6.07 Å². The molecule has 1 rings (SSSR count). The first-order chi connectivity index (χ1) is 9.95. The van der Waals surface area contributed by atoms with E-state index >= 15 is 0 Å². The number of anilines is 1. The standard InChI is InChI=1S/C16H27N3O2/c1-12(2)19(4)11-7-6-10-17-15-9-8-14(13(3)18-15)16(20)21-5/h8-9,12H,6-7,10-11H2,1-5H3,(H,17,18). The smallest absolute Gasteiger partial charge is 0.339 e. The number of aromatic nitrogens is 1. The number of carbonyl (C=O) groups is 1. The molecule has 0 unspecified atom stereocenters. The zero-order valence-corrected chi connectivity index (χ0v) is 13.8. The van der Waals surface area contributed by atoms with Crippen molar-refractivity contribution in [1.29, 1.82) is 0 Å². The summed E-state index contributed by atoms with van der Waals surface area (Å²) < 4.78 is 4.71. The first-order valence-electron chi connectivity index (χ1n) is 7.45. The molecule has 1 N–H and O–H groups in total. The summed E-state index contributed by atoms with van der Waals surface area (Å²) in [5.41, 5.74) is 1.20. The lowest BCUT2D eigenvalue weighted by Crippen LogP contribution is -2.27. The van der Waals surface area contributed by atoms with Crippen LogP contribution in [0.2, 0.25) is 0 Å². The molecule has 21 heavy (non-hydrogen) atoms. The fourth-order valence-corrected chi connectivity index (χ4v) is 1.95. The highest BCUT2D eigenvalue weighted by atomic mass is 16.5. The molecule has 1 heterocycles. The lowest BCUT2D eigenvalue weighted by atomic mass is 10.2. The predicted octanol–water partition coefficient (Wildman–Crippen LogP) is 2.71. The summed E-state index contributed by atoms with van der Waals surface area (Å²) in [7, 11) is 3.52. The van der Waals surface area contributed by atoms with Crippen LogP contribution in [0.1, 0.15) is 42.7 Å². The number of unbranched alkanes of at least 4 members (excludes halogenated alkanes) is 1. The van der Waals surface area contributed by atoms with Crippen molar-refractivity contribution in [3.63, 3.8) is 0 Å². The number of hydrogen-bond donors (Lipinski definition) is 1. The van der Waals surface area contributed by atoms with Crippen molar-refractivity contribution in [3.8, 4) is 0 Å². The summed E-state index contributed by atoms with van der Waals surface area (Å²) in [5.74, 6) is 0.459. The maximum Gasteiger partial charge on any atom is 0.339 e. The average molecular weight is 293 g/mol. The van der Waals surface area contributed by atoms with Crippen LogP contribution in [0.25, 0.3) is 0 Å². The van der Waals surface area contributed by atoms with Crippen LogP contribution in [0.15, 0.2) is 12.1 Å². The van der Waals surface area contributed by atoms with E-state index < -0.39 is 0 Å². The number of carbonyl (C=O) groups excluding carboxylic acids is 1. The molecule has 0 atom stereocenters. The van der Waals surface area contributed by atoms with Crippen LogP contribution in [0.3, 0.4) is 0 Å². The third-order valence-electron chi connectivity index (χ3n) is 3.62. The minimum atomic E-state index is -0.344. The SMILES string of the molecule is COC(=O)c1ccc(NCCCCN(C)C(C)C)nc1C. The lowest BCUT2D eigenvalue weighted by Gasteiger charge is -2.20. The molecule has 5 nitrogen and oxygen atoms in total. The molecular formula is C16H27N3O2. The Morgan fingerprint density at radius 1 is 1.38 bits per heavy atom. The molecule has 0 fully saturated rings. The van der Waals surface area contributed by atoms with Gasteiger partial charge >= 0.3 is 5.97 Å². The molecular weight excluding hydrogens is 266 g/mol. The first-order valence-corrected chi connectivity index (χ1v) is 7.45. The zero-order valence-electron chi connectivity index (χ0n) is 13.8. The summed E-state index contributed by atoms with van der Waals surface area (Å²) in [6.07, 6.45) is 2.25. The second-order valence-corrected chi connectivity index (χ2v) is 5.53. The van der Waals surface area contributed by atoms with Crippen molar-refractivity contribution in [2.75, 3.05) is 32.6 Å². The molecule has 1 aromatic rings. The van der Waals surface area contributed by atoms with Crippen molar-refractivity contribution in [2.45, 2.75) is 39.7 Å². The molecule has 0 saturated heterocycles. The second kappa shape index (κ2) is 8.62. The maximum absolute atomic E-state index is 11.5. The molecule has 0 aliphatic rings. The van der Waals surface area contributed by atoms with Crippen molar-refractivity contribution in [3.05, 3.63) is 23.4 Å². The summed E-state index contributed by atoms with van der Waals surface area (Å²) in [6, 6.07) is 4.16. The highest BCUT2D eigenvalue weighted by Gasteiger charge is 2.10. The van der Waals surface area contributed by atoms with Crippen LogP contribution in [0.4, 0.5) is 5.82 Å². The van der Waals surface area contributed by atoms with Gasteiger partial charge in [-0.3, -0.25) is 0 Å². The van der Waals surface area contributed by atoms with Gasteiger partial charge in [0, 0.05) is 12.6 Å². The Balaban J connectivity index is 2.36. The van der Waals surface area contributed by atoms with Crippen molar-refractivity contribution in [2.24, 2.45) is 0 Å². The molecule has 0 aliphatic carbocycles. The van der Waals surface area contributed by atoms with Crippen LogP contribution in [-0.2, 0) is 4.74 Å². The largest absolute Gasteiger partial charge is 0.465 e. The highest BCUT2D eigenvalue weighted by Crippen LogP contribution is 2.11. The van der Waals surface area contributed by atoms with E-state index in [1.165, 1.54) is 7.11 Å². The Morgan fingerprint density at radius 2 is 2.10 bits per heavy atom. The molecule has 0 bridgehead atoms. The van der Waals surface area contributed by atoms with Crippen LogP contribution in [0, 0.1) is 6.92 Å². The van der Waals surface area contributed by atoms with Crippen molar-refractivity contribution in [1.82, 2.24) is 9.88 Å². The van der Waals surface area contributed by atoms with Gasteiger partial charge in [-0.05, 0) is 59.3 Å². The van der Waals surface area contributed by atoms with Crippen LogP contribution in [-0.4, -0.2) is 49.1 Å². The maximum atomic E-state index is 11.5. The highest BCUT2D eigenvalue weighted by molar-refractivity contribution is 5.90. The van der Waals surface area contributed by atoms with Crippen molar-refractivity contribution < 1.29 is 9.53 Å². The lowest BCUT2D eigenvalue weighted by molar-refractivity contribution is 0.0599. The Hall–Kier alpha value is -1.62. The average Bonchev–Trinajstić information content (AvgIpc) is 2.45. The Kier molecular flexibility index (Phi) is 7.15. The van der Waals surface area contributed by atoms with Crippen molar-refractivity contribution >= 4 is 11.8 Å². The topological polar surface area (TPSA) is 54.5 Å². The van der Waals surface area contributed by atoms with Gasteiger partial charge in [0.2, 0.25) is 0 Å². The fourth-order valence-electron chi connectivity index (χ4n) is 1.95.